The number of rotatable bonds is 6. The number of hydrogen-bond acceptors (Lipinski definition) is 6. The number of carbonyl (C=O) groups is 3. The lowest BCUT2D eigenvalue weighted by atomic mass is 9.99. The number of piperazine rings is 1. The zero-order valence-corrected chi connectivity index (χ0v) is 21.2. The molecule has 5 N–H and O–H groups in total. The molecule has 2 saturated heterocycles. The third-order valence-electron chi connectivity index (χ3n) is 7.13. The highest BCUT2D eigenvalue weighted by Crippen LogP contribution is 2.36. The van der Waals surface area contributed by atoms with Crippen LogP contribution in [0.3, 0.4) is 0 Å². The number of nitrogens with zero attached hydrogens (tertiary/aromatic N) is 4. The minimum atomic E-state index is -0.824. The number of hydrazine groups is 1. The Hall–Kier alpha value is -4.57. The Morgan fingerprint density at radius 1 is 0.974 bits per heavy atom. The van der Waals surface area contributed by atoms with Crippen LogP contribution in [0.4, 0.5) is 16.2 Å². The lowest BCUT2D eigenvalue weighted by Gasteiger charge is -2.46. The highest BCUT2D eigenvalue weighted by atomic mass is 16.2. The van der Waals surface area contributed by atoms with Gasteiger partial charge in [0, 0.05) is 20.1 Å². The Morgan fingerprint density at radius 2 is 1.66 bits per heavy atom. The van der Waals surface area contributed by atoms with Crippen molar-refractivity contribution in [2.24, 2.45) is 0 Å². The summed E-state index contributed by atoms with van der Waals surface area (Å²) in [6.45, 7) is 0.769. The van der Waals surface area contributed by atoms with Gasteiger partial charge in [-0.3, -0.25) is 14.6 Å². The van der Waals surface area contributed by atoms with Crippen LogP contribution in [0.1, 0.15) is 22.7 Å². The van der Waals surface area contributed by atoms with Gasteiger partial charge in [-0.1, -0.05) is 72.8 Å². The standard InChI is InChI=1S/C28H31N7O3/c1-32(28(38)31-15-19-9-4-2-5-10-19)34-18-24(36)35-23(34)17-33(16-21-13-8-14-22(29)25(21)30)27(37)26(35)20-11-6-3-7-12-20/h2-14,23,26H,15-18,29-30H2,1H3,(H,31,38)/t23-,26+/m1/s1. The van der Waals surface area contributed by atoms with Gasteiger partial charge in [0.2, 0.25) is 5.91 Å². The van der Waals surface area contributed by atoms with Crippen LogP contribution >= 0.6 is 0 Å². The number of fused-ring (bicyclic) bond motifs is 1. The van der Waals surface area contributed by atoms with Gasteiger partial charge < -0.3 is 26.6 Å². The van der Waals surface area contributed by atoms with Gasteiger partial charge in [-0.2, -0.15) is 5.01 Å². The molecule has 0 radical (unpaired) electrons. The van der Waals surface area contributed by atoms with Gasteiger partial charge in [-0.15, -0.1) is 0 Å². The summed E-state index contributed by atoms with van der Waals surface area (Å²) >= 11 is 0. The van der Waals surface area contributed by atoms with Gasteiger partial charge in [0.15, 0.2) is 0 Å². The molecule has 3 aromatic rings. The molecule has 2 fully saturated rings. The number of anilines is 2. The quantitative estimate of drug-likeness (QED) is 0.434. The van der Waals surface area contributed by atoms with Crippen LogP contribution in [0.2, 0.25) is 0 Å². The summed E-state index contributed by atoms with van der Waals surface area (Å²) in [5.74, 6) is -0.427. The van der Waals surface area contributed by atoms with Crippen LogP contribution in [0.15, 0.2) is 78.9 Å². The molecular formula is C28H31N7O3. The zero-order chi connectivity index (χ0) is 26.8. The largest absolute Gasteiger partial charge is 0.397 e. The van der Waals surface area contributed by atoms with Crippen LogP contribution in [-0.4, -0.2) is 64.0 Å². The number of amides is 4. The predicted molar refractivity (Wildman–Crippen MR) is 144 cm³/mol. The van der Waals surface area contributed by atoms with E-state index in [1.807, 2.05) is 66.7 Å². The third-order valence-corrected chi connectivity index (χ3v) is 7.13. The first-order chi connectivity index (χ1) is 18.3. The van der Waals surface area contributed by atoms with Crippen LogP contribution in [0, 0.1) is 0 Å². The van der Waals surface area contributed by atoms with Crippen molar-refractivity contribution in [2.45, 2.75) is 25.3 Å². The zero-order valence-electron chi connectivity index (χ0n) is 21.2. The van der Waals surface area contributed by atoms with Gasteiger partial charge in [0.05, 0.1) is 24.5 Å². The lowest BCUT2D eigenvalue weighted by molar-refractivity contribution is -0.157. The summed E-state index contributed by atoms with van der Waals surface area (Å²) in [5.41, 5.74) is 15.5. The van der Waals surface area contributed by atoms with E-state index in [2.05, 4.69) is 5.32 Å². The van der Waals surface area contributed by atoms with Crippen molar-refractivity contribution < 1.29 is 14.4 Å². The minimum Gasteiger partial charge on any atom is -0.397 e. The highest BCUT2D eigenvalue weighted by molar-refractivity contribution is 5.92. The second kappa shape index (κ2) is 10.4. The molecule has 0 bridgehead atoms. The topological polar surface area (TPSA) is 128 Å². The summed E-state index contributed by atoms with van der Waals surface area (Å²) in [4.78, 5) is 43.5. The highest BCUT2D eigenvalue weighted by Gasteiger charge is 2.52. The molecule has 2 aliphatic rings. The van der Waals surface area contributed by atoms with Crippen molar-refractivity contribution >= 4 is 29.2 Å². The predicted octanol–water partition coefficient (Wildman–Crippen LogP) is 2.16. The van der Waals surface area contributed by atoms with Crippen LogP contribution in [0.25, 0.3) is 0 Å². The summed E-state index contributed by atoms with van der Waals surface area (Å²) < 4.78 is 0. The van der Waals surface area contributed by atoms with Gasteiger partial charge in [-0.25, -0.2) is 4.79 Å². The third kappa shape index (κ3) is 4.73. The molecule has 3 aromatic carbocycles. The maximum absolute atomic E-state index is 13.8. The molecule has 2 atom stereocenters. The van der Waals surface area contributed by atoms with Crippen LogP contribution in [0.5, 0.6) is 0 Å². The molecule has 0 spiro atoms. The van der Waals surface area contributed by atoms with E-state index < -0.39 is 12.2 Å². The summed E-state index contributed by atoms with van der Waals surface area (Å²) in [6, 6.07) is 23.0. The fourth-order valence-corrected chi connectivity index (χ4v) is 5.08. The molecule has 0 saturated carbocycles. The van der Waals surface area contributed by atoms with E-state index in [9.17, 15) is 14.4 Å². The molecule has 10 nitrogen and oxygen atoms in total. The summed E-state index contributed by atoms with van der Waals surface area (Å²) in [5, 5.41) is 6.04. The molecule has 10 heteroatoms. The first-order valence-corrected chi connectivity index (χ1v) is 12.4. The van der Waals surface area contributed by atoms with Crippen molar-refractivity contribution in [1.29, 1.82) is 0 Å². The normalized spacial score (nSPS) is 19.4. The SMILES string of the molecule is CN(C(=O)NCc1ccccc1)N1CC(=O)N2[C@@H](c3ccccc3)C(=O)N(Cc3cccc(N)c3N)C[C@@H]21. The molecule has 0 aromatic heterocycles. The van der Waals surface area contributed by atoms with Gasteiger partial charge >= 0.3 is 6.03 Å². The van der Waals surface area contributed by atoms with Gasteiger partial charge in [0.25, 0.3) is 5.91 Å². The number of urea groups is 1. The number of nitrogens with one attached hydrogen (secondary N) is 1. The van der Waals surface area contributed by atoms with E-state index in [0.717, 1.165) is 11.1 Å². The number of carbonyl (C=O) groups excluding carboxylic acids is 3. The van der Waals surface area contributed by atoms with Crippen molar-refractivity contribution in [3.63, 3.8) is 0 Å². The van der Waals surface area contributed by atoms with Gasteiger partial charge in [0.1, 0.15) is 12.2 Å². The van der Waals surface area contributed by atoms with Crippen molar-refractivity contribution in [3.8, 4) is 0 Å². The number of hydrogen-bond donors (Lipinski definition) is 3. The fourth-order valence-electron chi connectivity index (χ4n) is 5.08. The van der Waals surface area contributed by atoms with E-state index >= 15 is 0 Å². The van der Waals surface area contributed by atoms with Gasteiger partial charge in [-0.05, 0) is 22.8 Å². The number of nitrogen functional groups attached to an aromatic ring is 2. The summed E-state index contributed by atoms with van der Waals surface area (Å²) in [6.07, 6.45) is -0.542. The number of benzene rings is 3. The number of nitrogens with two attached hydrogens (primary N) is 2. The van der Waals surface area contributed by atoms with E-state index in [-0.39, 0.29) is 37.5 Å². The molecule has 2 aliphatic heterocycles. The maximum Gasteiger partial charge on any atom is 0.332 e. The Morgan fingerprint density at radius 3 is 2.37 bits per heavy atom. The number of para-hydroxylation sites is 1. The Labute approximate surface area is 221 Å². The van der Waals surface area contributed by atoms with Crippen LogP contribution in [-0.2, 0) is 22.7 Å². The monoisotopic (exact) mass is 513 g/mol. The van der Waals surface area contributed by atoms with E-state index in [0.29, 0.717) is 23.5 Å². The molecule has 2 heterocycles. The Kier molecular flexibility index (Phi) is 6.89. The maximum atomic E-state index is 13.8. The average molecular weight is 514 g/mol. The van der Waals surface area contributed by atoms with Crippen molar-refractivity contribution in [1.82, 2.24) is 25.1 Å². The molecule has 0 aliphatic carbocycles. The van der Waals surface area contributed by atoms with Crippen molar-refractivity contribution in [3.05, 3.63) is 95.6 Å². The lowest BCUT2D eigenvalue weighted by Crippen LogP contribution is -2.62. The first kappa shape index (κ1) is 25.1. The summed E-state index contributed by atoms with van der Waals surface area (Å²) in [7, 11) is 1.63. The molecule has 4 amide bonds. The Balaban J connectivity index is 1.43. The minimum absolute atomic E-state index is 0.0230. The molecule has 5 rings (SSSR count). The van der Waals surface area contributed by atoms with E-state index in [1.165, 1.54) is 5.01 Å². The van der Waals surface area contributed by atoms with E-state index in [1.54, 1.807) is 34.0 Å². The average Bonchev–Trinajstić information content (AvgIpc) is 3.26. The van der Waals surface area contributed by atoms with Crippen molar-refractivity contribution in [2.75, 3.05) is 31.6 Å². The Bertz CT molecular complexity index is 1330. The molecular weight excluding hydrogens is 482 g/mol. The second-order valence-electron chi connectivity index (χ2n) is 9.50. The van der Waals surface area contributed by atoms with E-state index in [4.69, 9.17) is 11.5 Å². The fraction of sp³-hybridized carbons (Fsp3) is 0.250. The second-order valence-corrected chi connectivity index (χ2v) is 9.50. The molecule has 196 valence electrons. The first-order valence-electron chi connectivity index (χ1n) is 12.4. The molecule has 0 unspecified atom stereocenters. The van der Waals surface area contributed by atoms with Crippen LogP contribution < -0.4 is 16.8 Å². The smallest absolute Gasteiger partial charge is 0.332 e. The molecule has 38 heavy (non-hydrogen) atoms.